The van der Waals surface area contributed by atoms with Gasteiger partial charge in [-0.05, 0) is 16.7 Å². The number of fused-ring (bicyclic) bond motifs is 1. The quantitative estimate of drug-likeness (QED) is 0.866. The first-order valence-corrected chi connectivity index (χ1v) is 6.12. The first-order chi connectivity index (χ1) is 9.35. The van der Waals surface area contributed by atoms with Gasteiger partial charge in [-0.25, -0.2) is 9.97 Å². The fraction of sp³-hybridized carbons (Fsp3) is 0.214. The summed E-state index contributed by atoms with van der Waals surface area (Å²) < 4.78 is 0. The summed E-state index contributed by atoms with van der Waals surface area (Å²) in [6.45, 7) is 2.61. The molecule has 5 nitrogen and oxygen atoms in total. The van der Waals surface area contributed by atoms with Crippen molar-refractivity contribution in [1.82, 2.24) is 15.3 Å². The first-order valence-electron chi connectivity index (χ1n) is 6.12. The molecule has 3 rings (SSSR count). The summed E-state index contributed by atoms with van der Waals surface area (Å²) in [5.41, 5.74) is 4.29. The predicted octanol–water partition coefficient (Wildman–Crippen LogP) is 1.56. The van der Waals surface area contributed by atoms with E-state index in [0.717, 1.165) is 13.1 Å². The average molecular weight is 251 g/mol. The van der Waals surface area contributed by atoms with Crippen molar-refractivity contribution in [3.8, 4) is 6.07 Å². The molecular weight excluding hydrogens is 238 g/mol. The molecule has 0 spiro atoms. The average Bonchev–Trinajstić information content (AvgIpc) is 2.93. The van der Waals surface area contributed by atoms with Gasteiger partial charge in [0.1, 0.15) is 11.9 Å². The van der Waals surface area contributed by atoms with Gasteiger partial charge in [0, 0.05) is 19.6 Å². The van der Waals surface area contributed by atoms with Gasteiger partial charge in [-0.1, -0.05) is 18.2 Å². The Balaban J connectivity index is 1.67. The van der Waals surface area contributed by atoms with Gasteiger partial charge < -0.3 is 10.6 Å². The van der Waals surface area contributed by atoms with Crippen LogP contribution in [0.1, 0.15) is 22.4 Å². The molecule has 2 N–H and O–H groups in total. The standard InChI is InChI=1S/C14H13N5/c15-4-13-8-19-14(9-17-13)18-5-10-1-2-11-6-16-7-12(11)3-10/h1-3,8-9,16H,5-7H2,(H,18,19). The van der Waals surface area contributed by atoms with Crippen LogP contribution in [0.15, 0.2) is 30.6 Å². The first kappa shape index (κ1) is 11.6. The molecular formula is C14H13N5. The Morgan fingerprint density at radius 1 is 1.21 bits per heavy atom. The summed E-state index contributed by atoms with van der Waals surface area (Å²) in [6, 6.07) is 8.44. The van der Waals surface area contributed by atoms with Crippen LogP contribution in [0.5, 0.6) is 0 Å². The van der Waals surface area contributed by atoms with Crippen molar-refractivity contribution in [2.45, 2.75) is 19.6 Å². The minimum atomic E-state index is 0.328. The number of aromatic nitrogens is 2. The van der Waals surface area contributed by atoms with Gasteiger partial charge in [0.2, 0.25) is 0 Å². The minimum absolute atomic E-state index is 0.328. The SMILES string of the molecule is N#Cc1cnc(NCc2ccc3c(c2)CNC3)cn1. The van der Waals surface area contributed by atoms with Crippen LogP contribution in [0.3, 0.4) is 0 Å². The van der Waals surface area contributed by atoms with Crippen molar-refractivity contribution in [3.63, 3.8) is 0 Å². The second kappa shape index (κ2) is 5.04. The highest BCUT2D eigenvalue weighted by Gasteiger charge is 2.09. The lowest BCUT2D eigenvalue weighted by atomic mass is 10.1. The second-order valence-corrected chi connectivity index (χ2v) is 4.46. The van der Waals surface area contributed by atoms with Crippen molar-refractivity contribution < 1.29 is 0 Å². The third kappa shape index (κ3) is 2.54. The van der Waals surface area contributed by atoms with Crippen molar-refractivity contribution in [2.24, 2.45) is 0 Å². The molecule has 0 fully saturated rings. The van der Waals surface area contributed by atoms with Gasteiger partial charge in [0.25, 0.3) is 0 Å². The number of nitriles is 1. The maximum Gasteiger partial charge on any atom is 0.158 e. The molecule has 0 atom stereocenters. The summed E-state index contributed by atoms with van der Waals surface area (Å²) in [7, 11) is 0. The Hall–Kier alpha value is -2.45. The van der Waals surface area contributed by atoms with Gasteiger partial charge >= 0.3 is 0 Å². The predicted molar refractivity (Wildman–Crippen MR) is 71.1 cm³/mol. The summed E-state index contributed by atoms with van der Waals surface area (Å²) in [5.74, 6) is 0.678. The van der Waals surface area contributed by atoms with Gasteiger partial charge in [-0.3, -0.25) is 0 Å². The van der Waals surface area contributed by atoms with Crippen LogP contribution in [0.2, 0.25) is 0 Å². The number of benzene rings is 1. The van der Waals surface area contributed by atoms with Gasteiger partial charge in [0.15, 0.2) is 5.69 Å². The van der Waals surface area contributed by atoms with Crippen LogP contribution in [0.4, 0.5) is 5.82 Å². The van der Waals surface area contributed by atoms with E-state index in [0.29, 0.717) is 18.1 Å². The topological polar surface area (TPSA) is 73.6 Å². The van der Waals surface area contributed by atoms with Crippen molar-refractivity contribution >= 4 is 5.82 Å². The molecule has 0 saturated heterocycles. The lowest BCUT2D eigenvalue weighted by Gasteiger charge is -2.07. The maximum atomic E-state index is 8.65. The summed E-state index contributed by atoms with van der Waals surface area (Å²) in [6.07, 6.45) is 3.04. The van der Waals surface area contributed by atoms with E-state index < -0.39 is 0 Å². The Bertz CT molecular complexity index is 627. The van der Waals surface area contributed by atoms with Crippen molar-refractivity contribution in [1.29, 1.82) is 5.26 Å². The van der Waals surface area contributed by atoms with Crippen LogP contribution in [-0.4, -0.2) is 9.97 Å². The fourth-order valence-electron chi connectivity index (χ4n) is 2.13. The molecule has 0 saturated carbocycles. The van der Waals surface area contributed by atoms with E-state index in [9.17, 15) is 0 Å². The molecule has 0 aliphatic carbocycles. The lowest BCUT2D eigenvalue weighted by molar-refractivity contribution is 0.764. The molecule has 94 valence electrons. The van der Waals surface area contributed by atoms with Crippen LogP contribution in [-0.2, 0) is 19.6 Å². The van der Waals surface area contributed by atoms with Crippen molar-refractivity contribution in [2.75, 3.05) is 5.32 Å². The van der Waals surface area contributed by atoms with E-state index in [2.05, 4.69) is 38.8 Å². The van der Waals surface area contributed by atoms with E-state index in [1.165, 1.54) is 22.9 Å². The highest BCUT2D eigenvalue weighted by atomic mass is 15.0. The molecule has 0 unspecified atom stereocenters. The molecule has 1 aromatic heterocycles. The smallest absolute Gasteiger partial charge is 0.158 e. The largest absolute Gasteiger partial charge is 0.365 e. The molecule has 2 aromatic rings. The molecule has 1 aliphatic heterocycles. The van der Waals surface area contributed by atoms with Crippen LogP contribution >= 0.6 is 0 Å². The highest BCUT2D eigenvalue weighted by molar-refractivity contribution is 5.38. The number of nitrogens with one attached hydrogen (secondary N) is 2. The van der Waals surface area contributed by atoms with E-state index in [1.807, 2.05) is 6.07 Å². The molecule has 19 heavy (non-hydrogen) atoms. The normalized spacial score (nSPS) is 12.8. The molecule has 1 aliphatic rings. The molecule has 0 bridgehead atoms. The van der Waals surface area contributed by atoms with Crippen LogP contribution in [0, 0.1) is 11.3 Å². The molecule has 0 radical (unpaired) electrons. The molecule has 2 heterocycles. The number of hydrogen-bond donors (Lipinski definition) is 2. The zero-order valence-electron chi connectivity index (χ0n) is 10.3. The van der Waals surface area contributed by atoms with Crippen LogP contribution < -0.4 is 10.6 Å². The van der Waals surface area contributed by atoms with Crippen LogP contribution in [0.25, 0.3) is 0 Å². The van der Waals surface area contributed by atoms with E-state index in [1.54, 1.807) is 6.20 Å². The summed E-state index contributed by atoms with van der Waals surface area (Å²) in [4.78, 5) is 8.10. The lowest BCUT2D eigenvalue weighted by Crippen LogP contribution is -2.03. The third-order valence-corrected chi connectivity index (χ3v) is 3.14. The Morgan fingerprint density at radius 3 is 2.89 bits per heavy atom. The maximum absolute atomic E-state index is 8.65. The zero-order valence-corrected chi connectivity index (χ0v) is 10.3. The number of anilines is 1. The second-order valence-electron chi connectivity index (χ2n) is 4.46. The van der Waals surface area contributed by atoms with Gasteiger partial charge in [-0.2, -0.15) is 5.26 Å². The monoisotopic (exact) mass is 251 g/mol. The Kier molecular flexibility index (Phi) is 3.09. The minimum Gasteiger partial charge on any atom is -0.365 e. The summed E-state index contributed by atoms with van der Waals surface area (Å²) >= 11 is 0. The highest BCUT2D eigenvalue weighted by Crippen LogP contribution is 2.17. The van der Waals surface area contributed by atoms with Crippen molar-refractivity contribution in [3.05, 3.63) is 53.0 Å². The molecule has 0 amide bonds. The number of nitrogens with zero attached hydrogens (tertiary/aromatic N) is 3. The number of hydrogen-bond acceptors (Lipinski definition) is 5. The van der Waals surface area contributed by atoms with Gasteiger partial charge in [0.05, 0.1) is 12.4 Å². The van der Waals surface area contributed by atoms with E-state index >= 15 is 0 Å². The Morgan fingerprint density at radius 2 is 2.11 bits per heavy atom. The Labute approximate surface area is 111 Å². The van der Waals surface area contributed by atoms with Gasteiger partial charge in [-0.15, -0.1) is 0 Å². The zero-order chi connectivity index (χ0) is 13.1. The number of rotatable bonds is 3. The third-order valence-electron chi connectivity index (χ3n) is 3.14. The molecule has 5 heteroatoms. The fourth-order valence-corrected chi connectivity index (χ4v) is 2.13. The summed E-state index contributed by atoms with van der Waals surface area (Å²) in [5, 5.41) is 15.2. The van der Waals surface area contributed by atoms with E-state index in [4.69, 9.17) is 5.26 Å². The molecule has 1 aromatic carbocycles. The van der Waals surface area contributed by atoms with E-state index in [-0.39, 0.29) is 0 Å².